The summed E-state index contributed by atoms with van der Waals surface area (Å²) in [4.78, 5) is 0. The monoisotopic (exact) mass is 469 g/mol. The molecule has 8 heteroatoms. The normalized spacial score (nSPS) is 11.1. The average molecular weight is 471 g/mol. The number of nitrogens with zero attached hydrogens (tertiary/aromatic N) is 3. The summed E-state index contributed by atoms with van der Waals surface area (Å²) in [6.45, 7) is 5.53. The van der Waals surface area contributed by atoms with Gasteiger partial charge in [-0.15, -0.1) is 10.2 Å². The Hall–Kier alpha value is -1.40. The molecule has 3 aromatic rings. The van der Waals surface area contributed by atoms with Gasteiger partial charge in [0.1, 0.15) is 11.6 Å². The van der Waals surface area contributed by atoms with Crippen molar-refractivity contribution in [3.8, 4) is 5.75 Å². The van der Waals surface area contributed by atoms with E-state index in [1.165, 1.54) is 0 Å². The molecule has 2 aromatic carbocycles. The van der Waals surface area contributed by atoms with Crippen molar-refractivity contribution >= 4 is 46.6 Å². The zero-order valence-corrected chi connectivity index (χ0v) is 19.4. The predicted octanol–water partition coefficient (Wildman–Crippen LogP) is 6.87. The molecule has 0 aliphatic rings. The molecular weight excluding hydrogens is 449 g/mol. The van der Waals surface area contributed by atoms with Crippen LogP contribution in [0.5, 0.6) is 5.75 Å². The van der Waals surface area contributed by atoms with Crippen LogP contribution in [0.2, 0.25) is 15.1 Å². The molecule has 0 bridgehead atoms. The highest BCUT2D eigenvalue weighted by atomic mass is 35.5. The standard InChI is InChI=1S/C21H22Cl3N3OS/c1-3-27-20(5-4-10-28-19-9-7-16(22)11-14(19)2)25-26-21(27)29-13-15-6-8-17(23)18(24)12-15/h6-9,11-12H,3-5,10,13H2,1-2H3. The first-order valence-electron chi connectivity index (χ1n) is 9.35. The van der Waals surface area contributed by atoms with E-state index in [4.69, 9.17) is 39.5 Å². The summed E-state index contributed by atoms with van der Waals surface area (Å²) in [5, 5.41) is 11.5. The molecule has 3 rings (SSSR count). The van der Waals surface area contributed by atoms with E-state index in [1.807, 2.05) is 43.3 Å². The quantitative estimate of drug-likeness (QED) is 0.253. The van der Waals surface area contributed by atoms with Gasteiger partial charge in [0.2, 0.25) is 0 Å². The molecule has 0 radical (unpaired) electrons. The summed E-state index contributed by atoms with van der Waals surface area (Å²) in [6, 6.07) is 11.3. The predicted molar refractivity (Wildman–Crippen MR) is 122 cm³/mol. The molecule has 0 unspecified atom stereocenters. The van der Waals surface area contributed by atoms with Crippen LogP contribution < -0.4 is 4.74 Å². The van der Waals surface area contributed by atoms with Gasteiger partial charge >= 0.3 is 0 Å². The number of benzene rings is 2. The van der Waals surface area contributed by atoms with Gasteiger partial charge in [0.15, 0.2) is 5.16 Å². The van der Waals surface area contributed by atoms with Crippen LogP contribution in [0.4, 0.5) is 0 Å². The van der Waals surface area contributed by atoms with Gasteiger partial charge in [0.25, 0.3) is 0 Å². The Bertz CT molecular complexity index is 978. The highest BCUT2D eigenvalue weighted by Crippen LogP contribution is 2.27. The van der Waals surface area contributed by atoms with Gasteiger partial charge in [-0.1, -0.05) is 52.6 Å². The molecule has 4 nitrogen and oxygen atoms in total. The molecule has 154 valence electrons. The van der Waals surface area contributed by atoms with Crippen LogP contribution in [0.1, 0.15) is 30.3 Å². The van der Waals surface area contributed by atoms with E-state index >= 15 is 0 Å². The lowest BCUT2D eigenvalue weighted by atomic mass is 10.2. The molecular formula is C21H22Cl3N3OS. The van der Waals surface area contributed by atoms with Gasteiger partial charge in [-0.05, 0) is 61.7 Å². The third-order valence-electron chi connectivity index (χ3n) is 4.40. The molecule has 0 fully saturated rings. The van der Waals surface area contributed by atoms with Crippen LogP contribution in [0.25, 0.3) is 0 Å². The number of ether oxygens (including phenoxy) is 1. The fourth-order valence-electron chi connectivity index (χ4n) is 2.89. The second kappa shape index (κ2) is 10.6. The molecule has 0 aliphatic carbocycles. The van der Waals surface area contributed by atoms with Crippen molar-refractivity contribution in [2.75, 3.05) is 6.61 Å². The third-order valence-corrected chi connectivity index (χ3v) is 6.41. The fourth-order valence-corrected chi connectivity index (χ4v) is 4.40. The minimum atomic E-state index is 0.565. The van der Waals surface area contributed by atoms with Crippen molar-refractivity contribution in [1.29, 1.82) is 0 Å². The molecule has 0 N–H and O–H groups in total. The number of hydrogen-bond donors (Lipinski definition) is 0. The van der Waals surface area contributed by atoms with Crippen molar-refractivity contribution in [3.05, 3.63) is 68.4 Å². The van der Waals surface area contributed by atoms with Gasteiger partial charge in [0.05, 0.1) is 16.7 Å². The molecule has 1 heterocycles. The smallest absolute Gasteiger partial charge is 0.191 e. The molecule has 0 spiro atoms. The Balaban J connectivity index is 1.54. The molecule has 0 amide bonds. The fraction of sp³-hybridized carbons (Fsp3) is 0.333. The Morgan fingerprint density at radius 1 is 1.03 bits per heavy atom. The Morgan fingerprint density at radius 3 is 2.59 bits per heavy atom. The molecule has 29 heavy (non-hydrogen) atoms. The number of thioether (sulfide) groups is 1. The summed E-state index contributed by atoms with van der Waals surface area (Å²) in [5.41, 5.74) is 2.14. The minimum Gasteiger partial charge on any atom is -0.493 e. The van der Waals surface area contributed by atoms with E-state index in [2.05, 4.69) is 21.7 Å². The summed E-state index contributed by atoms with van der Waals surface area (Å²) in [5.74, 6) is 2.60. The van der Waals surface area contributed by atoms with Crippen LogP contribution in [-0.2, 0) is 18.7 Å². The summed E-state index contributed by atoms with van der Waals surface area (Å²) in [6.07, 6.45) is 1.67. The maximum absolute atomic E-state index is 6.10. The van der Waals surface area contributed by atoms with E-state index in [0.717, 1.165) is 58.0 Å². The highest BCUT2D eigenvalue weighted by Gasteiger charge is 2.12. The summed E-state index contributed by atoms with van der Waals surface area (Å²) in [7, 11) is 0. The number of halogens is 3. The first kappa shape index (κ1) is 22.3. The van der Waals surface area contributed by atoms with Gasteiger partial charge in [-0.3, -0.25) is 0 Å². The number of rotatable bonds is 9. The van der Waals surface area contributed by atoms with Crippen molar-refractivity contribution in [1.82, 2.24) is 14.8 Å². The van der Waals surface area contributed by atoms with E-state index in [0.29, 0.717) is 16.7 Å². The first-order valence-corrected chi connectivity index (χ1v) is 11.5. The van der Waals surface area contributed by atoms with Crippen LogP contribution in [0, 0.1) is 6.92 Å². The zero-order chi connectivity index (χ0) is 20.8. The van der Waals surface area contributed by atoms with Crippen molar-refractivity contribution in [3.63, 3.8) is 0 Å². The zero-order valence-electron chi connectivity index (χ0n) is 16.3. The van der Waals surface area contributed by atoms with Crippen molar-refractivity contribution in [2.24, 2.45) is 0 Å². The van der Waals surface area contributed by atoms with Crippen molar-refractivity contribution in [2.45, 2.75) is 44.1 Å². The lowest BCUT2D eigenvalue weighted by Crippen LogP contribution is -2.06. The highest BCUT2D eigenvalue weighted by molar-refractivity contribution is 7.98. The van der Waals surface area contributed by atoms with Gasteiger partial charge in [-0.2, -0.15) is 0 Å². The second-order valence-corrected chi connectivity index (χ2v) is 8.74. The van der Waals surface area contributed by atoms with Crippen LogP contribution >= 0.6 is 46.6 Å². The average Bonchev–Trinajstić information content (AvgIpc) is 3.09. The number of aromatic nitrogens is 3. The molecule has 1 aromatic heterocycles. The Morgan fingerprint density at radius 2 is 1.86 bits per heavy atom. The second-order valence-electron chi connectivity index (χ2n) is 6.54. The maximum atomic E-state index is 6.10. The van der Waals surface area contributed by atoms with E-state index in [-0.39, 0.29) is 0 Å². The Labute approximate surface area is 190 Å². The third kappa shape index (κ3) is 6.05. The lowest BCUT2D eigenvalue weighted by Gasteiger charge is -2.10. The van der Waals surface area contributed by atoms with E-state index in [1.54, 1.807) is 11.8 Å². The molecule has 0 saturated carbocycles. The molecule has 0 saturated heterocycles. The summed E-state index contributed by atoms with van der Waals surface area (Å²) >= 11 is 19.7. The van der Waals surface area contributed by atoms with Crippen LogP contribution in [0.15, 0.2) is 41.6 Å². The number of hydrogen-bond acceptors (Lipinski definition) is 4. The maximum Gasteiger partial charge on any atom is 0.191 e. The van der Waals surface area contributed by atoms with Crippen LogP contribution in [-0.4, -0.2) is 21.4 Å². The first-order chi connectivity index (χ1) is 14.0. The van der Waals surface area contributed by atoms with Gasteiger partial charge in [0, 0.05) is 23.7 Å². The molecule has 0 aliphatic heterocycles. The van der Waals surface area contributed by atoms with Crippen molar-refractivity contribution < 1.29 is 4.74 Å². The van der Waals surface area contributed by atoms with E-state index < -0.39 is 0 Å². The molecule has 0 atom stereocenters. The minimum absolute atomic E-state index is 0.565. The van der Waals surface area contributed by atoms with E-state index in [9.17, 15) is 0 Å². The summed E-state index contributed by atoms with van der Waals surface area (Å²) < 4.78 is 8.02. The SMILES string of the molecule is CCn1c(CCCOc2ccc(Cl)cc2C)nnc1SCc1ccc(Cl)c(Cl)c1. The number of aryl methyl sites for hydroxylation is 2. The largest absolute Gasteiger partial charge is 0.493 e. The topological polar surface area (TPSA) is 39.9 Å². The van der Waals surface area contributed by atoms with Crippen LogP contribution in [0.3, 0.4) is 0 Å². The lowest BCUT2D eigenvalue weighted by molar-refractivity contribution is 0.307. The Kier molecular flexibility index (Phi) is 8.13. The van der Waals surface area contributed by atoms with Gasteiger partial charge in [-0.25, -0.2) is 0 Å². The van der Waals surface area contributed by atoms with Gasteiger partial charge < -0.3 is 9.30 Å².